The number of thiocarbonyl (C=S) groups is 1. The van der Waals surface area contributed by atoms with E-state index in [1.807, 2.05) is 30.3 Å². The topological polar surface area (TPSA) is 96.9 Å². The predicted molar refractivity (Wildman–Crippen MR) is 105 cm³/mol. The lowest BCUT2D eigenvalue weighted by Crippen LogP contribution is -2.53. The molecule has 0 amide bonds. The van der Waals surface area contributed by atoms with E-state index in [1.54, 1.807) is 13.8 Å². The number of anilines is 1. The predicted octanol–water partition coefficient (Wildman–Crippen LogP) is 1.85. The number of nitrogens with one attached hydrogen (secondary N) is 2. The molecule has 0 aliphatic heterocycles. The van der Waals surface area contributed by atoms with Crippen LogP contribution in [0.1, 0.15) is 26.7 Å². The summed E-state index contributed by atoms with van der Waals surface area (Å²) in [5, 5.41) is 16.9. The third-order valence-electron chi connectivity index (χ3n) is 4.48. The number of esters is 2. The zero-order valence-corrected chi connectivity index (χ0v) is 16.3. The monoisotopic (exact) mass is 394 g/mol. The fraction of sp³-hybridized carbons (Fsp3) is 0.526. The van der Waals surface area contributed by atoms with Gasteiger partial charge in [0.15, 0.2) is 5.11 Å². The number of ether oxygens (including phenoxy) is 2. The molecule has 0 aromatic heterocycles. The van der Waals surface area contributed by atoms with Gasteiger partial charge in [0, 0.05) is 5.69 Å². The van der Waals surface area contributed by atoms with Crippen LogP contribution in [0.2, 0.25) is 0 Å². The summed E-state index contributed by atoms with van der Waals surface area (Å²) in [6.45, 7) is 3.85. The standard InChI is InChI=1S/C19H26N2O5S/c1-3-25-17(23)13-10-15(16(22)11-14(13)18(24)26-4-2)21-19(27)20-12-8-6-5-7-9-12/h5-9,13-16,22H,3-4,10-11H2,1-2H3,(H2,20,21,27)/t13-,14-,15-,16-/m0/s1. The van der Waals surface area contributed by atoms with Crippen LogP contribution < -0.4 is 10.6 Å². The van der Waals surface area contributed by atoms with Crippen molar-refractivity contribution in [3.05, 3.63) is 30.3 Å². The van der Waals surface area contributed by atoms with Crippen molar-refractivity contribution in [3.63, 3.8) is 0 Å². The van der Waals surface area contributed by atoms with Crippen molar-refractivity contribution in [3.8, 4) is 0 Å². The number of carbonyl (C=O) groups excluding carboxylic acids is 2. The van der Waals surface area contributed by atoms with Crippen molar-refractivity contribution >= 4 is 35.0 Å². The van der Waals surface area contributed by atoms with Gasteiger partial charge in [0.2, 0.25) is 0 Å². The molecule has 1 aliphatic carbocycles. The Balaban J connectivity index is 2.06. The van der Waals surface area contributed by atoms with Crippen molar-refractivity contribution in [2.45, 2.75) is 38.8 Å². The van der Waals surface area contributed by atoms with E-state index in [4.69, 9.17) is 21.7 Å². The van der Waals surface area contributed by atoms with Crippen LogP contribution in [0.5, 0.6) is 0 Å². The first-order valence-electron chi connectivity index (χ1n) is 9.10. The maximum absolute atomic E-state index is 12.4. The molecule has 3 N–H and O–H groups in total. The number of benzene rings is 1. The molecule has 1 aromatic rings. The molecule has 0 spiro atoms. The molecule has 2 rings (SSSR count). The van der Waals surface area contributed by atoms with Crippen LogP contribution in [-0.4, -0.2) is 47.5 Å². The quantitative estimate of drug-likeness (QED) is 0.497. The average molecular weight is 394 g/mol. The number of para-hydroxylation sites is 1. The van der Waals surface area contributed by atoms with Gasteiger partial charge in [-0.3, -0.25) is 9.59 Å². The number of carbonyl (C=O) groups is 2. The van der Waals surface area contributed by atoms with E-state index in [0.717, 1.165) is 5.69 Å². The molecule has 1 aliphatic rings. The summed E-state index contributed by atoms with van der Waals surface area (Å²) >= 11 is 5.31. The van der Waals surface area contributed by atoms with Gasteiger partial charge in [-0.25, -0.2) is 0 Å². The van der Waals surface area contributed by atoms with E-state index >= 15 is 0 Å². The van der Waals surface area contributed by atoms with Crippen LogP contribution in [0.3, 0.4) is 0 Å². The van der Waals surface area contributed by atoms with Gasteiger partial charge in [-0.2, -0.15) is 0 Å². The van der Waals surface area contributed by atoms with E-state index in [9.17, 15) is 14.7 Å². The maximum Gasteiger partial charge on any atom is 0.309 e. The molecular formula is C19H26N2O5S. The minimum Gasteiger partial charge on any atom is -0.466 e. The summed E-state index contributed by atoms with van der Waals surface area (Å²) in [5.74, 6) is -2.37. The van der Waals surface area contributed by atoms with Crippen LogP contribution in [0.4, 0.5) is 5.69 Å². The number of aliphatic hydroxyl groups is 1. The van der Waals surface area contributed by atoms with E-state index in [-0.39, 0.29) is 26.1 Å². The van der Waals surface area contributed by atoms with Gasteiger partial charge < -0.3 is 25.2 Å². The van der Waals surface area contributed by atoms with Gasteiger partial charge in [-0.1, -0.05) is 18.2 Å². The Morgan fingerprint density at radius 3 is 2.19 bits per heavy atom. The summed E-state index contributed by atoms with van der Waals surface area (Å²) < 4.78 is 10.2. The molecule has 0 radical (unpaired) electrons. The first kappa shape index (κ1) is 21.1. The Bertz CT molecular complexity index is 655. The summed E-state index contributed by atoms with van der Waals surface area (Å²) in [6, 6.07) is 8.90. The SMILES string of the molecule is CCOC(=O)[C@H]1C[C@H](NC(=S)Nc2ccccc2)[C@@H](O)C[C@@H]1C(=O)OCC. The Labute approximate surface area is 164 Å². The highest BCUT2D eigenvalue weighted by atomic mass is 32.1. The minimum atomic E-state index is -0.847. The number of hydrogen-bond acceptors (Lipinski definition) is 6. The highest BCUT2D eigenvalue weighted by Gasteiger charge is 2.45. The number of aliphatic hydroxyl groups excluding tert-OH is 1. The molecule has 0 saturated heterocycles. The largest absolute Gasteiger partial charge is 0.466 e. The third kappa shape index (κ3) is 5.90. The molecular weight excluding hydrogens is 368 g/mol. The smallest absolute Gasteiger partial charge is 0.309 e. The van der Waals surface area contributed by atoms with Gasteiger partial charge in [-0.15, -0.1) is 0 Å². The maximum atomic E-state index is 12.4. The van der Waals surface area contributed by atoms with Crippen LogP contribution in [0.15, 0.2) is 30.3 Å². The van der Waals surface area contributed by atoms with E-state index in [1.165, 1.54) is 0 Å². The normalized spacial score (nSPS) is 24.6. The molecule has 0 heterocycles. The summed E-state index contributed by atoms with van der Waals surface area (Å²) in [7, 11) is 0. The second-order valence-corrected chi connectivity index (χ2v) is 6.74. The third-order valence-corrected chi connectivity index (χ3v) is 4.70. The molecule has 0 bridgehead atoms. The zero-order chi connectivity index (χ0) is 19.8. The molecule has 1 saturated carbocycles. The fourth-order valence-corrected chi connectivity index (χ4v) is 3.48. The van der Waals surface area contributed by atoms with Crippen LogP contribution in [0.25, 0.3) is 0 Å². The van der Waals surface area contributed by atoms with Gasteiger partial charge in [0.05, 0.1) is 37.2 Å². The number of hydrogen-bond donors (Lipinski definition) is 3. The van der Waals surface area contributed by atoms with E-state index in [2.05, 4.69) is 10.6 Å². The Morgan fingerprint density at radius 2 is 1.63 bits per heavy atom. The van der Waals surface area contributed by atoms with Gasteiger partial charge in [0.1, 0.15) is 0 Å². The van der Waals surface area contributed by atoms with Crippen molar-refractivity contribution < 1.29 is 24.2 Å². The summed E-state index contributed by atoms with van der Waals surface area (Å²) in [5.41, 5.74) is 0.812. The Hall–Kier alpha value is -2.19. The second kappa shape index (κ2) is 10.2. The molecule has 7 nitrogen and oxygen atoms in total. The molecule has 0 unspecified atom stereocenters. The zero-order valence-electron chi connectivity index (χ0n) is 15.5. The van der Waals surface area contributed by atoms with Crippen molar-refractivity contribution in [1.29, 1.82) is 0 Å². The summed E-state index contributed by atoms with van der Waals surface area (Å²) in [4.78, 5) is 24.6. The molecule has 1 aromatic carbocycles. The summed E-state index contributed by atoms with van der Waals surface area (Å²) in [6.07, 6.45) is -0.519. The highest BCUT2D eigenvalue weighted by Crippen LogP contribution is 2.33. The van der Waals surface area contributed by atoms with E-state index in [0.29, 0.717) is 5.11 Å². The fourth-order valence-electron chi connectivity index (χ4n) is 3.22. The highest BCUT2D eigenvalue weighted by molar-refractivity contribution is 7.80. The van der Waals surface area contributed by atoms with Crippen molar-refractivity contribution in [2.75, 3.05) is 18.5 Å². The van der Waals surface area contributed by atoms with Crippen LogP contribution in [-0.2, 0) is 19.1 Å². The number of rotatable bonds is 6. The molecule has 27 heavy (non-hydrogen) atoms. The van der Waals surface area contributed by atoms with E-state index < -0.39 is 35.9 Å². The first-order chi connectivity index (χ1) is 13.0. The van der Waals surface area contributed by atoms with Gasteiger partial charge in [-0.05, 0) is 51.0 Å². The van der Waals surface area contributed by atoms with Crippen molar-refractivity contribution in [2.24, 2.45) is 11.8 Å². The van der Waals surface area contributed by atoms with Gasteiger partial charge >= 0.3 is 11.9 Å². The van der Waals surface area contributed by atoms with Gasteiger partial charge in [0.25, 0.3) is 0 Å². The molecule has 1 fully saturated rings. The first-order valence-corrected chi connectivity index (χ1v) is 9.51. The minimum absolute atomic E-state index is 0.105. The Kier molecular flexibility index (Phi) is 7.99. The lowest BCUT2D eigenvalue weighted by atomic mass is 9.75. The molecule has 8 heteroatoms. The van der Waals surface area contributed by atoms with Crippen molar-refractivity contribution in [1.82, 2.24) is 5.32 Å². The van der Waals surface area contributed by atoms with Crippen LogP contribution >= 0.6 is 12.2 Å². The molecule has 148 valence electrons. The Morgan fingerprint density at radius 1 is 1.07 bits per heavy atom. The van der Waals surface area contributed by atoms with Crippen LogP contribution in [0, 0.1) is 11.8 Å². The molecule has 4 atom stereocenters. The average Bonchev–Trinajstić information content (AvgIpc) is 2.64. The second-order valence-electron chi connectivity index (χ2n) is 6.33. The lowest BCUT2D eigenvalue weighted by Gasteiger charge is -2.37. The lowest BCUT2D eigenvalue weighted by molar-refractivity contribution is -0.165.